The first-order valence-electron chi connectivity index (χ1n) is 6.57. The molecule has 0 saturated carbocycles. The van der Waals surface area contributed by atoms with Crippen molar-refractivity contribution in [2.24, 2.45) is 0 Å². The number of nitrogens with zero attached hydrogens (tertiary/aromatic N) is 4. The van der Waals surface area contributed by atoms with E-state index in [4.69, 9.17) is 0 Å². The van der Waals surface area contributed by atoms with E-state index < -0.39 is 15.8 Å². The Labute approximate surface area is 131 Å². The molecule has 118 valence electrons. The van der Waals surface area contributed by atoms with Gasteiger partial charge in [-0.2, -0.15) is 0 Å². The van der Waals surface area contributed by atoms with E-state index in [-0.39, 0.29) is 10.8 Å². The van der Waals surface area contributed by atoms with E-state index in [0.29, 0.717) is 11.3 Å². The van der Waals surface area contributed by atoms with E-state index in [0.717, 1.165) is 6.07 Å². The van der Waals surface area contributed by atoms with Crippen LogP contribution in [0.15, 0.2) is 53.9 Å². The molecular formula is C14H12FN5O2S. The molecule has 0 bridgehead atoms. The van der Waals surface area contributed by atoms with Crippen LogP contribution in [0.3, 0.4) is 0 Å². The summed E-state index contributed by atoms with van der Waals surface area (Å²) in [5.41, 5.74) is 1.01. The molecule has 1 N–H and O–H groups in total. The van der Waals surface area contributed by atoms with E-state index in [9.17, 15) is 12.8 Å². The number of nitrogens with one attached hydrogen (secondary N) is 1. The van der Waals surface area contributed by atoms with Gasteiger partial charge in [-0.3, -0.25) is 9.55 Å². The summed E-state index contributed by atoms with van der Waals surface area (Å²) in [6.45, 7) is 1.58. The van der Waals surface area contributed by atoms with Gasteiger partial charge >= 0.3 is 0 Å². The van der Waals surface area contributed by atoms with Gasteiger partial charge in [0.05, 0.1) is 16.8 Å². The lowest BCUT2D eigenvalue weighted by atomic mass is 10.2. The van der Waals surface area contributed by atoms with Crippen LogP contribution in [0.2, 0.25) is 0 Å². The molecule has 0 aliphatic carbocycles. The molecule has 0 aliphatic rings. The molecule has 0 saturated heterocycles. The fourth-order valence-corrected chi connectivity index (χ4v) is 3.28. The minimum Gasteiger partial charge on any atom is -0.266 e. The van der Waals surface area contributed by atoms with Gasteiger partial charge in [0.15, 0.2) is 0 Å². The van der Waals surface area contributed by atoms with Crippen molar-refractivity contribution in [1.29, 1.82) is 0 Å². The summed E-state index contributed by atoms with van der Waals surface area (Å²) in [6.07, 6.45) is 4.48. The van der Waals surface area contributed by atoms with Crippen molar-refractivity contribution in [2.45, 2.75) is 11.8 Å². The van der Waals surface area contributed by atoms with Crippen LogP contribution in [0.25, 0.3) is 5.69 Å². The van der Waals surface area contributed by atoms with E-state index in [1.165, 1.54) is 29.2 Å². The van der Waals surface area contributed by atoms with Gasteiger partial charge in [-0.15, -0.1) is 10.2 Å². The summed E-state index contributed by atoms with van der Waals surface area (Å²) < 4.78 is 42.1. The predicted octanol–water partition coefficient (Wildman–Crippen LogP) is 1.91. The number of sulfonamides is 1. The maximum absolute atomic E-state index is 13.4. The Balaban J connectivity index is 2.00. The first kappa shape index (κ1) is 15.1. The van der Waals surface area contributed by atoms with E-state index in [2.05, 4.69) is 19.9 Å². The van der Waals surface area contributed by atoms with Gasteiger partial charge in [0.1, 0.15) is 12.1 Å². The highest BCUT2D eigenvalue weighted by molar-refractivity contribution is 7.92. The Morgan fingerprint density at radius 2 is 2.09 bits per heavy atom. The molecule has 0 atom stereocenters. The van der Waals surface area contributed by atoms with Crippen LogP contribution < -0.4 is 4.72 Å². The van der Waals surface area contributed by atoms with Crippen LogP contribution >= 0.6 is 0 Å². The number of aromatic nitrogens is 4. The molecule has 0 aliphatic heterocycles. The lowest BCUT2D eigenvalue weighted by Gasteiger charge is -2.11. The molecule has 2 heterocycles. The maximum Gasteiger partial charge on any atom is 0.264 e. The number of benzene rings is 1. The Kier molecular flexibility index (Phi) is 3.78. The molecule has 0 amide bonds. The smallest absolute Gasteiger partial charge is 0.264 e. The number of anilines is 1. The number of hydrogen-bond donors (Lipinski definition) is 1. The monoisotopic (exact) mass is 333 g/mol. The molecule has 9 heteroatoms. The second-order valence-corrected chi connectivity index (χ2v) is 6.40. The number of pyridine rings is 1. The minimum absolute atomic E-state index is 0.0124. The highest BCUT2D eigenvalue weighted by Crippen LogP contribution is 2.20. The highest BCUT2D eigenvalue weighted by Gasteiger charge is 2.21. The van der Waals surface area contributed by atoms with Crippen LogP contribution in [-0.2, 0) is 10.0 Å². The zero-order valence-electron chi connectivity index (χ0n) is 12.0. The topological polar surface area (TPSA) is 89.8 Å². The Morgan fingerprint density at radius 3 is 2.83 bits per heavy atom. The number of aryl methyl sites for hydroxylation is 1. The van der Waals surface area contributed by atoms with Crippen molar-refractivity contribution >= 4 is 16.0 Å². The molecule has 23 heavy (non-hydrogen) atoms. The van der Waals surface area contributed by atoms with Crippen molar-refractivity contribution in [3.8, 4) is 5.69 Å². The van der Waals surface area contributed by atoms with Crippen molar-refractivity contribution in [3.63, 3.8) is 0 Å². The summed E-state index contributed by atoms with van der Waals surface area (Å²) in [6, 6.07) is 6.98. The standard InChI is InChI=1S/C14H12FN5O2S/c1-10-4-5-11(15)7-13(10)23(21,22)19-14-18-17-9-20(14)12-3-2-6-16-8-12/h2-9H,1H3,(H,18,19). The molecular weight excluding hydrogens is 321 g/mol. The van der Waals surface area contributed by atoms with Gasteiger partial charge in [-0.1, -0.05) is 6.07 Å². The van der Waals surface area contributed by atoms with Gasteiger partial charge in [0.2, 0.25) is 5.95 Å². The number of hydrogen-bond acceptors (Lipinski definition) is 5. The van der Waals surface area contributed by atoms with Gasteiger partial charge in [-0.05, 0) is 36.8 Å². The van der Waals surface area contributed by atoms with Gasteiger partial charge < -0.3 is 0 Å². The molecule has 7 nitrogen and oxygen atoms in total. The van der Waals surface area contributed by atoms with Crippen LogP contribution in [-0.4, -0.2) is 28.2 Å². The van der Waals surface area contributed by atoms with E-state index in [1.807, 2.05) is 0 Å². The van der Waals surface area contributed by atoms with Crippen LogP contribution in [0.5, 0.6) is 0 Å². The zero-order valence-corrected chi connectivity index (χ0v) is 12.8. The Hall–Kier alpha value is -2.81. The van der Waals surface area contributed by atoms with Crippen molar-refractivity contribution < 1.29 is 12.8 Å². The predicted molar refractivity (Wildman–Crippen MR) is 81.1 cm³/mol. The van der Waals surface area contributed by atoms with Gasteiger partial charge in [-0.25, -0.2) is 17.5 Å². The van der Waals surface area contributed by atoms with Gasteiger partial charge in [0, 0.05) is 6.20 Å². The first-order chi connectivity index (χ1) is 11.0. The maximum atomic E-state index is 13.4. The SMILES string of the molecule is Cc1ccc(F)cc1S(=O)(=O)Nc1nncn1-c1cccnc1. The lowest BCUT2D eigenvalue weighted by molar-refractivity contribution is 0.593. The third kappa shape index (κ3) is 3.04. The Bertz CT molecular complexity index is 941. The minimum atomic E-state index is -4.00. The van der Waals surface area contributed by atoms with Crippen LogP contribution in [0.1, 0.15) is 5.56 Å². The molecule has 0 spiro atoms. The fourth-order valence-electron chi connectivity index (χ4n) is 2.03. The Morgan fingerprint density at radius 1 is 1.26 bits per heavy atom. The van der Waals surface area contributed by atoms with E-state index in [1.54, 1.807) is 25.3 Å². The molecule has 0 unspecified atom stereocenters. The molecule has 1 aromatic carbocycles. The third-order valence-corrected chi connectivity index (χ3v) is 4.61. The van der Waals surface area contributed by atoms with Crippen molar-refractivity contribution in [3.05, 3.63) is 60.4 Å². The summed E-state index contributed by atoms with van der Waals surface area (Å²) in [5, 5.41) is 7.46. The lowest BCUT2D eigenvalue weighted by Crippen LogP contribution is -2.17. The normalized spacial score (nSPS) is 11.4. The second-order valence-electron chi connectivity index (χ2n) is 4.75. The van der Waals surface area contributed by atoms with Gasteiger partial charge in [0.25, 0.3) is 10.0 Å². The van der Waals surface area contributed by atoms with Crippen molar-refractivity contribution in [1.82, 2.24) is 19.7 Å². The van der Waals surface area contributed by atoms with E-state index >= 15 is 0 Å². The van der Waals surface area contributed by atoms with Crippen molar-refractivity contribution in [2.75, 3.05) is 4.72 Å². The summed E-state index contributed by atoms with van der Waals surface area (Å²) >= 11 is 0. The fraction of sp³-hybridized carbons (Fsp3) is 0.0714. The summed E-state index contributed by atoms with van der Waals surface area (Å²) in [5.74, 6) is -0.647. The average Bonchev–Trinajstić information content (AvgIpc) is 2.98. The summed E-state index contributed by atoms with van der Waals surface area (Å²) in [7, 11) is -4.00. The average molecular weight is 333 g/mol. The molecule has 3 aromatic rings. The molecule has 0 radical (unpaired) electrons. The zero-order chi connectivity index (χ0) is 16.4. The molecule has 0 fully saturated rings. The third-order valence-electron chi connectivity index (χ3n) is 3.14. The second kappa shape index (κ2) is 5.76. The quantitative estimate of drug-likeness (QED) is 0.788. The highest BCUT2D eigenvalue weighted by atomic mass is 32.2. The molecule has 3 rings (SSSR count). The summed E-state index contributed by atoms with van der Waals surface area (Å²) in [4.78, 5) is 3.80. The van der Waals surface area contributed by atoms with Crippen LogP contribution in [0.4, 0.5) is 10.3 Å². The largest absolute Gasteiger partial charge is 0.266 e. The first-order valence-corrected chi connectivity index (χ1v) is 8.05. The number of rotatable bonds is 4. The molecule has 2 aromatic heterocycles. The van der Waals surface area contributed by atoms with Crippen LogP contribution in [0, 0.1) is 12.7 Å². The number of halogens is 1.